The molecule has 3 aromatic rings. The molecule has 0 radical (unpaired) electrons. The predicted molar refractivity (Wildman–Crippen MR) is 134 cm³/mol. The van der Waals surface area contributed by atoms with Crippen LogP contribution in [0, 0.1) is 5.92 Å². The molecule has 1 amide bonds. The first-order valence-corrected chi connectivity index (χ1v) is 12.9. The number of amides is 1. The minimum atomic E-state index is -0.888. The van der Waals surface area contributed by atoms with Crippen molar-refractivity contribution < 1.29 is 23.6 Å². The number of ether oxygens (including phenoxy) is 1. The van der Waals surface area contributed by atoms with Gasteiger partial charge in [0.1, 0.15) is 13.1 Å². The van der Waals surface area contributed by atoms with E-state index in [4.69, 9.17) is 4.74 Å². The van der Waals surface area contributed by atoms with Crippen molar-refractivity contribution >= 4 is 29.0 Å². The number of ketones is 1. The number of hydrogen-bond donors (Lipinski definition) is 1. The van der Waals surface area contributed by atoms with E-state index < -0.39 is 12.0 Å². The normalized spacial score (nSPS) is 23.9. The number of nitrogens with zero attached hydrogens (tertiary/aromatic N) is 1. The van der Waals surface area contributed by atoms with E-state index in [0.29, 0.717) is 28.0 Å². The van der Waals surface area contributed by atoms with Gasteiger partial charge >= 0.3 is 5.97 Å². The van der Waals surface area contributed by atoms with Crippen LogP contribution < -0.4 is 5.32 Å². The second-order valence-electron chi connectivity index (χ2n) is 9.53. The summed E-state index contributed by atoms with van der Waals surface area (Å²) in [6, 6.07) is 21.2. The van der Waals surface area contributed by atoms with Crippen LogP contribution in [-0.2, 0) is 9.53 Å². The SMILES string of the molecule is O=C(C[N+]12CCC(CC1)[C@@H](OC(=O)C(NC(=O)c1cccs1)c1ccccc1)C2)c1ccccc1. The van der Waals surface area contributed by atoms with E-state index in [0.717, 1.165) is 31.5 Å². The minimum Gasteiger partial charge on any atom is -0.454 e. The van der Waals surface area contributed by atoms with Crippen LogP contribution in [0.4, 0.5) is 0 Å². The second kappa shape index (κ2) is 10.1. The lowest BCUT2D eigenvalue weighted by Crippen LogP contribution is -2.66. The van der Waals surface area contributed by atoms with Crippen LogP contribution in [0.15, 0.2) is 78.2 Å². The van der Waals surface area contributed by atoms with Crippen LogP contribution in [0.1, 0.15) is 44.5 Å². The van der Waals surface area contributed by atoms with E-state index in [9.17, 15) is 14.4 Å². The standard InChI is InChI=1S/C28H28N2O4S/c31-23(20-8-3-1-4-9-20)18-30-15-13-21(14-16-30)24(19-30)34-28(33)26(22-10-5-2-6-11-22)29-27(32)25-12-7-17-35-25/h1-12,17,21,24,26H,13-16,18-19H2/p+1/t21?,24-,26?,30?/m0/s1. The Balaban J connectivity index is 1.30. The summed E-state index contributed by atoms with van der Waals surface area (Å²) >= 11 is 1.33. The van der Waals surface area contributed by atoms with Gasteiger partial charge in [0.05, 0.1) is 18.0 Å². The fraction of sp³-hybridized carbons (Fsp3) is 0.321. The van der Waals surface area contributed by atoms with Crippen molar-refractivity contribution in [2.75, 3.05) is 26.2 Å². The fourth-order valence-electron chi connectivity index (χ4n) is 5.35. The van der Waals surface area contributed by atoms with Crippen molar-refractivity contribution in [3.8, 4) is 0 Å². The molecule has 1 aromatic heterocycles. The predicted octanol–water partition coefficient (Wildman–Crippen LogP) is 4.25. The van der Waals surface area contributed by atoms with E-state index in [1.54, 1.807) is 6.07 Å². The number of quaternary nitrogens is 1. The van der Waals surface area contributed by atoms with Crippen LogP contribution >= 0.6 is 11.3 Å². The average molecular weight is 490 g/mol. The Labute approximate surface area is 209 Å². The molecule has 0 spiro atoms. The first-order valence-electron chi connectivity index (χ1n) is 12.1. The van der Waals surface area contributed by atoms with Crippen molar-refractivity contribution in [2.24, 2.45) is 5.92 Å². The first kappa shape index (κ1) is 23.5. The summed E-state index contributed by atoms with van der Waals surface area (Å²) in [5.74, 6) is -0.333. The molecular weight excluding hydrogens is 460 g/mol. The average Bonchev–Trinajstić information content (AvgIpc) is 3.44. The van der Waals surface area contributed by atoms with Crippen LogP contribution in [0.3, 0.4) is 0 Å². The molecule has 1 unspecified atom stereocenters. The van der Waals surface area contributed by atoms with Gasteiger partial charge in [-0.2, -0.15) is 0 Å². The molecule has 2 atom stereocenters. The quantitative estimate of drug-likeness (QED) is 0.292. The molecule has 6 nitrogen and oxygen atoms in total. The summed E-state index contributed by atoms with van der Waals surface area (Å²) in [7, 11) is 0. The van der Waals surface area contributed by atoms with Gasteiger partial charge in [0.15, 0.2) is 12.1 Å². The van der Waals surface area contributed by atoms with Crippen molar-refractivity contribution in [1.82, 2.24) is 5.32 Å². The van der Waals surface area contributed by atoms with Crippen molar-refractivity contribution in [3.63, 3.8) is 0 Å². The molecule has 1 N–H and O–H groups in total. The lowest BCUT2D eigenvalue weighted by Gasteiger charge is -2.51. The third kappa shape index (κ3) is 5.21. The number of esters is 1. The first-order chi connectivity index (χ1) is 17.0. The number of Topliss-reactive ketones (excluding diaryl/α,β-unsaturated/α-hetero) is 1. The minimum absolute atomic E-state index is 0.126. The second-order valence-corrected chi connectivity index (χ2v) is 10.5. The van der Waals surface area contributed by atoms with Crippen LogP contribution in [-0.4, -0.2) is 54.4 Å². The van der Waals surface area contributed by atoms with Gasteiger partial charge in [0.25, 0.3) is 5.91 Å². The van der Waals surface area contributed by atoms with Gasteiger partial charge in [0, 0.05) is 24.3 Å². The molecule has 35 heavy (non-hydrogen) atoms. The van der Waals surface area contributed by atoms with Gasteiger partial charge in [-0.05, 0) is 17.0 Å². The maximum Gasteiger partial charge on any atom is 0.333 e. The number of nitrogens with one attached hydrogen (secondary N) is 1. The van der Waals surface area contributed by atoms with Gasteiger partial charge in [-0.25, -0.2) is 4.79 Å². The molecule has 3 aliphatic rings. The van der Waals surface area contributed by atoms with Gasteiger partial charge in [-0.3, -0.25) is 9.59 Å². The van der Waals surface area contributed by atoms with E-state index in [1.165, 1.54) is 11.3 Å². The fourth-order valence-corrected chi connectivity index (χ4v) is 5.97. The highest BCUT2D eigenvalue weighted by molar-refractivity contribution is 7.12. The van der Waals surface area contributed by atoms with Crippen LogP contribution in [0.2, 0.25) is 0 Å². The maximum absolute atomic E-state index is 13.4. The Hall–Kier alpha value is -3.29. The van der Waals surface area contributed by atoms with Crippen LogP contribution in [0.25, 0.3) is 0 Å². The highest BCUT2D eigenvalue weighted by atomic mass is 32.1. The molecule has 3 aliphatic heterocycles. The number of thiophene rings is 1. The molecule has 180 valence electrons. The zero-order chi connectivity index (χ0) is 24.3. The van der Waals surface area contributed by atoms with Gasteiger partial charge in [-0.15, -0.1) is 11.3 Å². The summed E-state index contributed by atoms with van der Waals surface area (Å²) in [5.41, 5.74) is 1.41. The summed E-state index contributed by atoms with van der Waals surface area (Å²) in [4.78, 5) is 39.7. The Morgan fingerprint density at radius 2 is 1.63 bits per heavy atom. The third-order valence-corrected chi connectivity index (χ3v) is 8.14. The maximum atomic E-state index is 13.4. The summed E-state index contributed by atoms with van der Waals surface area (Å²) in [5, 5.41) is 4.70. The van der Waals surface area contributed by atoms with Crippen LogP contribution in [0.5, 0.6) is 0 Å². The highest BCUT2D eigenvalue weighted by Crippen LogP contribution is 2.36. The molecule has 2 bridgehead atoms. The van der Waals surface area contributed by atoms with E-state index in [2.05, 4.69) is 5.32 Å². The molecule has 7 heteroatoms. The molecule has 2 aromatic carbocycles. The molecule has 4 heterocycles. The lowest BCUT2D eigenvalue weighted by atomic mass is 9.82. The van der Waals surface area contributed by atoms with Crippen molar-refractivity contribution in [1.29, 1.82) is 0 Å². The Kier molecular flexibility index (Phi) is 6.79. The lowest BCUT2D eigenvalue weighted by molar-refractivity contribution is -0.938. The summed E-state index contributed by atoms with van der Waals surface area (Å²) in [6.07, 6.45) is 1.59. The third-order valence-electron chi connectivity index (χ3n) is 7.27. The number of carbonyl (C=O) groups excluding carboxylic acids is 3. The van der Waals surface area contributed by atoms with E-state index >= 15 is 0 Å². The Morgan fingerprint density at radius 1 is 0.943 bits per heavy atom. The van der Waals surface area contributed by atoms with E-state index in [1.807, 2.05) is 72.1 Å². The molecule has 0 aliphatic carbocycles. The number of hydrogen-bond acceptors (Lipinski definition) is 5. The van der Waals surface area contributed by atoms with Gasteiger partial charge in [-0.1, -0.05) is 66.7 Å². The van der Waals surface area contributed by atoms with Crippen molar-refractivity contribution in [2.45, 2.75) is 25.0 Å². The topological polar surface area (TPSA) is 72.5 Å². The Bertz CT molecular complexity index is 1170. The molecular formula is C28H29N2O4S+. The monoisotopic (exact) mass is 489 g/mol. The highest BCUT2D eigenvalue weighted by Gasteiger charge is 2.49. The summed E-state index contributed by atoms with van der Waals surface area (Å²) < 4.78 is 6.75. The van der Waals surface area contributed by atoms with Gasteiger partial charge < -0.3 is 14.5 Å². The van der Waals surface area contributed by atoms with Gasteiger partial charge in [0.2, 0.25) is 5.78 Å². The zero-order valence-corrected chi connectivity index (χ0v) is 20.3. The largest absolute Gasteiger partial charge is 0.454 e. The Morgan fingerprint density at radius 3 is 2.29 bits per heavy atom. The number of benzene rings is 2. The molecule has 6 rings (SSSR count). The number of fused-ring (bicyclic) bond motifs is 3. The zero-order valence-electron chi connectivity index (χ0n) is 19.5. The number of rotatable bonds is 8. The molecule has 3 saturated heterocycles. The number of carbonyl (C=O) groups is 3. The summed E-state index contributed by atoms with van der Waals surface area (Å²) in [6.45, 7) is 2.90. The number of piperidine rings is 3. The molecule has 0 saturated carbocycles. The molecule has 3 fully saturated rings. The smallest absolute Gasteiger partial charge is 0.333 e. The van der Waals surface area contributed by atoms with E-state index in [-0.39, 0.29) is 23.7 Å². The van der Waals surface area contributed by atoms with Crippen molar-refractivity contribution in [3.05, 3.63) is 94.2 Å².